The summed E-state index contributed by atoms with van der Waals surface area (Å²) in [7, 11) is 0. The molecule has 19 heavy (non-hydrogen) atoms. The summed E-state index contributed by atoms with van der Waals surface area (Å²) in [5.74, 6) is -0.281. The van der Waals surface area contributed by atoms with Gasteiger partial charge in [0.05, 0.1) is 18.9 Å². The fourth-order valence-electron chi connectivity index (χ4n) is 2.65. The molecule has 1 aromatic carbocycles. The molecular weight excluding hydrogens is 246 g/mol. The maximum Gasteiger partial charge on any atom is 0.335 e. The first-order valence-corrected chi connectivity index (χ1v) is 6.57. The fourth-order valence-corrected chi connectivity index (χ4v) is 2.65. The quantitative estimate of drug-likeness (QED) is 0.827. The van der Waals surface area contributed by atoms with E-state index in [1.807, 2.05) is 24.3 Å². The van der Waals surface area contributed by atoms with Gasteiger partial charge >= 0.3 is 5.97 Å². The Morgan fingerprint density at radius 1 is 1.53 bits per heavy atom. The fraction of sp³-hybridized carbons (Fsp3) is 0.500. The van der Waals surface area contributed by atoms with Crippen LogP contribution in [0.15, 0.2) is 24.3 Å². The van der Waals surface area contributed by atoms with E-state index in [0.717, 1.165) is 17.7 Å². The van der Waals surface area contributed by atoms with Crippen LogP contribution >= 0.6 is 0 Å². The third kappa shape index (κ3) is 2.09. The van der Waals surface area contributed by atoms with Crippen LogP contribution in [0.2, 0.25) is 0 Å². The Hall–Kier alpha value is -1.59. The monoisotopic (exact) mass is 263 g/mol. The van der Waals surface area contributed by atoms with Crippen LogP contribution in [0.3, 0.4) is 0 Å². The van der Waals surface area contributed by atoms with E-state index in [1.165, 1.54) is 0 Å². The molecule has 0 saturated carbocycles. The zero-order chi connectivity index (χ0) is 13.3. The number of anilines is 1. The first-order valence-electron chi connectivity index (χ1n) is 6.57. The number of fused-ring (bicyclic) bond motifs is 2. The third-order valence-electron chi connectivity index (χ3n) is 3.65. The molecule has 2 heterocycles. The molecule has 3 rings (SSSR count). The second-order valence-corrected chi connectivity index (χ2v) is 4.83. The van der Waals surface area contributed by atoms with E-state index in [1.54, 1.807) is 6.92 Å². The molecule has 1 fully saturated rings. The highest BCUT2D eigenvalue weighted by Crippen LogP contribution is 2.44. The van der Waals surface area contributed by atoms with Crippen LogP contribution in [-0.4, -0.2) is 25.3 Å². The van der Waals surface area contributed by atoms with Gasteiger partial charge in [0, 0.05) is 5.56 Å². The number of rotatable bonds is 2. The molecule has 2 aliphatic heterocycles. The molecule has 5 heteroatoms. The average molecular weight is 263 g/mol. The second kappa shape index (κ2) is 4.83. The van der Waals surface area contributed by atoms with Crippen LogP contribution in [0, 0.1) is 0 Å². The molecule has 0 radical (unpaired) electrons. The smallest absolute Gasteiger partial charge is 0.335 e. The summed E-state index contributed by atoms with van der Waals surface area (Å²) in [6, 6.07) is 7.94. The van der Waals surface area contributed by atoms with Gasteiger partial charge in [0.1, 0.15) is 5.60 Å². The Morgan fingerprint density at radius 2 is 2.37 bits per heavy atom. The molecule has 0 aromatic heterocycles. The molecule has 2 atom stereocenters. The van der Waals surface area contributed by atoms with Gasteiger partial charge in [-0.15, -0.1) is 0 Å². The van der Waals surface area contributed by atoms with Crippen molar-refractivity contribution in [1.29, 1.82) is 0 Å². The highest BCUT2D eigenvalue weighted by Gasteiger charge is 2.46. The van der Waals surface area contributed by atoms with Crippen LogP contribution in [-0.2, 0) is 24.7 Å². The minimum Gasteiger partial charge on any atom is -0.464 e. The van der Waals surface area contributed by atoms with Gasteiger partial charge in [-0.25, -0.2) is 4.79 Å². The Morgan fingerprint density at radius 3 is 3.11 bits per heavy atom. The third-order valence-corrected chi connectivity index (χ3v) is 3.65. The maximum absolute atomic E-state index is 11.6. The number of carbonyl (C=O) groups excluding carboxylic acids is 1. The highest BCUT2D eigenvalue weighted by atomic mass is 16.7. The molecule has 0 bridgehead atoms. The van der Waals surface area contributed by atoms with Crippen molar-refractivity contribution in [1.82, 2.24) is 0 Å². The van der Waals surface area contributed by atoms with Gasteiger partial charge in [0.15, 0.2) is 6.10 Å². The summed E-state index contributed by atoms with van der Waals surface area (Å²) in [6.45, 7) is 2.54. The summed E-state index contributed by atoms with van der Waals surface area (Å²) in [6.07, 6.45) is 0.872. The van der Waals surface area contributed by atoms with Gasteiger partial charge in [0.2, 0.25) is 0 Å². The van der Waals surface area contributed by atoms with Gasteiger partial charge in [-0.3, -0.25) is 10.3 Å². The van der Waals surface area contributed by atoms with E-state index in [0.29, 0.717) is 19.6 Å². The van der Waals surface area contributed by atoms with E-state index in [-0.39, 0.29) is 5.97 Å². The van der Waals surface area contributed by atoms with E-state index < -0.39 is 11.7 Å². The molecule has 2 unspecified atom stereocenters. The lowest BCUT2D eigenvalue weighted by Crippen LogP contribution is -2.43. The molecule has 1 N–H and O–H groups in total. The molecule has 0 amide bonds. The Balaban J connectivity index is 1.72. The Kier molecular flexibility index (Phi) is 3.16. The predicted octanol–water partition coefficient (Wildman–Crippen LogP) is 1.98. The van der Waals surface area contributed by atoms with Gasteiger partial charge in [-0.1, -0.05) is 18.2 Å². The van der Waals surface area contributed by atoms with Crippen molar-refractivity contribution in [3.63, 3.8) is 0 Å². The number of carbonyl (C=O) groups is 1. The van der Waals surface area contributed by atoms with Gasteiger partial charge in [0.25, 0.3) is 0 Å². The van der Waals surface area contributed by atoms with Crippen molar-refractivity contribution >= 4 is 11.7 Å². The van der Waals surface area contributed by atoms with Crippen molar-refractivity contribution in [2.24, 2.45) is 0 Å². The molecule has 1 saturated heterocycles. The zero-order valence-electron chi connectivity index (χ0n) is 10.8. The number of hydrogen-bond acceptors (Lipinski definition) is 5. The van der Waals surface area contributed by atoms with Gasteiger partial charge in [-0.05, 0) is 25.8 Å². The largest absolute Gasteiger partial charge is 0.464 e. The molecule has 0 aliphatic carbocycles. The predicted molar refractivity (Wildman–Crippen MR) is 68.4 cm³/mol. The van der Waals surface area contributed by atoms with E-state index in [9.17, 15) is 4.79 Å². The lowest BCUT2D eigenvalue weighted by molar-refractivity contribution is -0.176. The Labute approximate surface area is 111 Å². The normalized spacial score (nSPS) is 28.8. The van der Waals surface area contributed by atoms with Crippen molar-refractivity contribution in [2.45, 2.75) is 31.5 Å². The minimum absolute atomic E-state index is 0.281. The lowest BCUT2D eigenvalue weighted by atomic mass is 9.86. The SMILES string of the molecule is CCOC(=O)C1CCC2(CO1)ONc1ccccc12. The van der Waals surface area contributed by atoms with Crippen LogP contribution in [0.5, 0.6) is 0 Å². The number of benzene rings is 1. The number of hydrogen-bond donors (Lipinski definition) is 1. The standard InChI is InChI=1S/C14H17NO4/c1-2-17-13(16)12-7-8-14(9-18-12)10-5-3-4-6-11(10)15-19-14/h3-6,12,15H,2,7-9H2,1H3. The topological polar surface area (TPSA) is 56.8 Å². The number of nitrogens with one attached hydrogen (secondary N) is 1. The zero-order valence-corrected chi connectivity index (χ0v) is 10.8. The lowest BCUT2D eigenvalue weighted by Gasteiger charge is -2.34. The number of para-hydroxylation sites is 1. The summed E-state index contributed by atoms with van der Waals surface area (Å²) in [4.78, 5) is 17.4. The van der Waals surface area contributed by atoms with Crippen molar-refractivity contribution in [3.8, 4) is 0 Å². The van der Waals surface area contributed by atoms with E-state index in [2.05, 4.69) is 5.48 Å². The van der Waals surface area contributed by atoms with Crippen molar-refractivity contribution < 1.29 is 19.1 Å². The first-order chi connectivity index (χ1) is 9.25. The van der Waals surface area contributed by atoms with Crippen LogP contribution in [0.25, 0.3) is 0 Å². The summed E-state index contributed by atoms with van der Waals surface area (Å²) >= 11 is 0. The van der Waals surface area contributed by atoms with Crippen LogP contribution < -0.4 is 5.48 Å². The van der Waals surface area contributed by atoms with E-state index in [4.69, 9.17) is 14.3 Å². The Bertz CT molecular complexity index is 480. The molecule has 102 valence electrons. The van der Waals surface area contributed by atoms with Crippen molar-refractivity contribution in [2.75, 3.05) is 18.7 Å². The number of ether oxygens (including phenoxy) is 2. The van der Waals surface area contributed by atoms with Crippen molar-refractivity contribution in [3.05, 3.63) is 29.8 Å². The van der Waals surface area contributed by atoms with Gasteiger partial charge < -0.3 is 9.47 Å². The van der Waals surface area contributed by atoms with E-state index >= 15 is 0 Å². The van der Waals surface area contributed by atoms with Crippen LogP contribution in [0.4, 0.5) is 5.69 Å². The minimum atomic E-state index is -0.473. The molecule has 2 aliphatic rings. The first kappa shape index (κ1) is 12.4. The van der Waals surface area contributed by atoms with Gasteiger partial charge in [-0.2, -0.15) is 0 Å². The molecular formula is C14H17NO4. The molecule has 1 spiro atoms. The summed E-state index contributed by atoms with van der Waals surface area (Å²) < 4.78 is 10.6. The summed E-state index contributed by atoms with van der Waals surface area (Å²) in [5.41, 5.74) is 4.53. The number of esters is 1. The maximum atomic E-state index is 11.6. The molecule has 5 nitrogen and oxygen atoms in total. The highest BCUT2D eigenvalue weighted by molar-refractivity contribution is 5.74. The second-order valence-electron chi connectivity index (χ2n) is 4.83. The molecule has 1 aromatic rings. The van der Waals surface area contributed by atoms with Crippen LogP contribution in [0.1, 0.15) is 25.3 Å². The summed E-state index contributed by atoms with van der Waals surface area (Å²) in [5, 5.41) is 0. The average Bonchev–Trinajstić information content (AvgIpc) is 2.80.